The Hall–Kier alpha value is -1.87. The predicted octanol–water partition coefficient (Wildman–Crippen LogP) is 1.45. The summed E-state index contributed by atoms with van der Waals surface area (Å²) >= 11 is 0. The molecule has 2 N–H and O–H groups in total. The van der Waals surface area contributed by atoms with Crippen molar-refractivity contribution < 1.29 is 28.3 Å². The number of hydrogen-bond donors (Lipinski definition) is 2. The van der Waals surface area contributed by atoms with Gasteiger partial charge in [-0.05, 0) is 6.07 Å². The maximum atomic E-state index is 12.5. The van der Waals surface area contributed by atoms with Crippen LogP contribution in [0.3, 0.4) is 0 Å². The smallest absolute Gasteiger partial charge is 0.395 e. The van der Waals surface area contributed by atoms with Gasteiger partial charge in [-0.15, -0.1) is 0 Å². The average molecular weight is 294 g/mol. The number of anilines is 1. The van der Waals surface area contributed by atoms with Crippen molar-refractivity contribution in [2.45, 2.75) is 12.8 Å². The Kier molecular flexibility index (Phi) is 5.28. The van der Waals surface area contributed by atoms with E-state index in [0.717, 1.165) is 23.1 Å². The fourth-order valence-electron chi connectivity index (χ4n) is 1.74. The molecule has 112 valence electrons. The van der Waals surface area contributed by atoms with Gasteiger partial charge in [0.1, 0.15) is 6.54 Å². The number of nitro benzene ring substituents is 1. The van der Waals surface area contributed by atoms with Crippen LogP contribution in [0.1, 0.15) is 5.56 Å². The van der Waals surface area contributed by atoms with Crippen LogP contribution in [-0.4, -0.2) is 41.0 Å². The number of halogens is 3. The molecule has 0 radical (unpaired) electrons. The highest BCUT2D eigenvalue weighted by atomic mass is 19.4. The van der Waals surface area contributed by atoms with Gasteiger partial charge in [-0.3, -0.25) is 10.1 Å². The van der Waals surface area contributed by atoms with E-state index < -0.39 is 30.9 Å². The highest BCUT2D eigenvalue weighted by molar-refractivity contribution is 5.58. The molecule has 1 aromatic carbocycles. The normalized spacial score (nSPS) is 11.4. The zero-order valence-electron chi connectivity index (χ0n) is 10.3. The number of aliphatic hydroxyl groups is 2. The summed E-state index contributed by atoms with van der Waals surface area (Å²) in [4.78, 5) is 10.7. The molecule has 6 nitrogen and oxygen atoms in total. The minimum Gasteiger partial charge on any atom is -0.395 e. The summed E-state index contributed by atoms with van der Waals surface area (Å²) in [5.41, 5.74) is -0.324. The van der Waals surface area contributed by atoms with E-state index in [-0.39, 0.29) is 23.5 Å². The first-order chi connectivity index (χ1) is 9.28. The molecule has 9 heteroatoms. The quantitative estimate of drug-likeness (QED) is 0.612. The molecule has 0 saturated carbocycles. The van der Waals surface area contributed by atoms with Crippen molar-refractivity contribution in [3.05, 3.63) is 33.9 Å². The van der Waals surface area contributed by atoms with E-state index in [2.05, 4.69) is 0 Å². The van der Waals surface area contributed by atoms with E-state index in [1.807, 2.05) is 0 Å². The van der Waals surface area contributed by atoms with Crippen LogP contribution in [0.5, 0.6) is 0 Å². The number of nitro groups is 1. The van der Waals surface area contributed by atoms with Crippen molar-refractivity contribution in [3.63, 3.8) is 0 Å². The van der Waals surface area contributed by atoms with Crippen LogP contribution in [0.2, 0.25) is 0 Å². The summed E-state index contributed by atoms with van der Waals surface area (Å²) in [5.74, 6) is 0. The summed E-state index contributed by atoms with van der Waals surface area (Å²) in [6, 6.07) is 3.19. The molecule has 0 aromatic heterocycles. The zero-order chi connectivity index (χ0) is 15.3. The minimum absolute atomic E-state index is 0.00287. The Morgan fingerprint density at radius 2 is 1.95 bits per heavy atom. The Balaban J connectivity index is 3.15. The SMILES string of the molecule is O=[N+]([O-])c1ccc(N(CCO)CC(F)(F)F)c(CO)c1. The van der Waals surface area contributed by atoms with Gasteiger partial charge < -0.3 is 15.1 Å². The van der Waals surface area contributed by atoms with Gasteiger partial charge in [0.2, 0.25) is 0 Å². The van der Waals surface area contributed by atoms with Gasteiger partial charge in [0, 0.05) is 29.9 Å². The van der Waals surface area contributed by atoms with Gasteiger partial charge in [0.25, 0.3) is 5.69 Å². The Morgan fingerprint density at radius 1 is 1.30 bits per heavy atom. The standard InChI is InChI=1S/C11H13F3N2O4/c12-11(13,14)7-15(3-4-17)10-2-1-9(16(19)20)5-8(10)6-18/h1-2,5,17-18H,3-4,6-7H2. The molecule has 0 unspecified atom stereocenters. The number of benzene rings is 1. The molecule has 0 aliphatic rings. The molecule has 1 rings (SSSR count). The molecule has 0 atom stereocenters. The van der Waals surface area contributed by atoms with Gasteiger partial charge in [0.15, 0.2) is 0 Å². The molecule has 0 spiro atoms. The zero-order valence-corrected chi connectivity index (χ0v) is 10.3. The van der Waals surface area contributed by atoms with Crippen LogP contribution in [-0.2, 0) is 6.61 Å². The third-order valence-electron chi connectivity index (χ3n) is 2.52. The lowest BCUT2D eigenvalue weighted by molar-refractivity contribution is -0.384. The lowest BCUT2D eigenvalue weighted by Crippen LogP contribution is -2.36. The van der Waals surface area contributed by atoms with E-state index in [0.29, 0.717) is 0 Å². The number of rotatable bonds is 6. The van der Waals surface area contributed by atoms with Crippen molar-refractivity contribution in [3.8, 4) is 0 Å². The third-order valence-corrected chi connectivity index (χ3v) is 2.52. The number of non-ortho nitro benzene ring substituents is 1. The first-order valence-electron chi connectivity index (χ1n) is 5.59. The monoisotopic (exact) mass is 294 g/mol. The van der Waals surface area contributed by atoms with Crippen molar-refractivity contribution in [2.75, 3.05) is 24.6 Å². The number of hydrogen-bond acceptors (Lipinski definition) is 5. The largest absolute Gasteiger partial charge is 0.405 e. The third kappa shape index (κ3) is 4.35. The predicted molar refractivity (Wildman–Crippen MR) is 64.4 cm³/mol. The van der Waals surface area contributed by atoms with Gasteiger partial charge in [0.05, 0.1) is 18.1 Å². The highest BCUT2D eigenvalue weighted by Crippen LogP contribution is 2.28. The van der Waals surface area contributed by atoms with Crippen molar-refractivity contribution in [1.82, 2.24) is 0 Å². The lowest BCUT2D eigenvalue weighted by atomic mass is 10.1. The van der Waals surface area contributed by atoms with Crippen LogP contribution in [0, 0.1) is 10.1 Å². The molecule has 20 heavy (non-hydrogen) atoms. The van der Waals surface area contributed by atoms with Gasteiger partial charge in [-0.25, -0.2) is 0 Å². The molecule has 0 bridgehead atoms. The van der Waals surface area contributed by atoms with Crippen molar-refractivity contribution in [2.24, 2.45) is 0 Å². The Bertz CT molecular complexity index is 479. The Labute approximate surface area is 112 Å². The average Bonchev–Trinajstić information content (AvgIpc) is 2.35. The molecule has 0 fully saturated rings. The van der Waals surface area contributed by atoms with Gasteiger partial charge in [-0.1, -0.05) is 0 Å². The van der Waals surface area contributed by atoms with Crippen LogP contribution >= 0.6 is 0 Å². The van der Waals surface area contributed by atoms with Gasteiger partial charge in [-0.2, -0.15) is 13.2 Å². The topological polar surface area (TPSA) is 86.8 Å². The fourth-order valence-corrected chi connectivity index (χ4v) is 1.74. The molecule has 0 amide bonds. The van der Waals surface area contributed by atoms with E-state index >= 15 is 0 Å². The first kappa shape index (κ1) is 16.2. The molecular formula is C11H13F3N2O4. The molecule has 0 aliphatic carbocycles. The minimum atomic E-state index is -4.50. The van der Waals surface area contributed by atoms with E-state index in [4.69, 9.17) is 10.2 Å². The van der Waals surface area contributed by atoms with Crippen LogP contribution < -0.4 is 4.90 Å². The van der Waals surface area contributed by atoms with Crippen LogP contribution in [0.4, 0.5) is 24.5 Å². The van der Waals surface area contributed by atoms with Crippen molar-refractivity contribution in [1.29, 1.82) is 0 Å². The van der Waals surface area contributed by atoms with E-state index in [1.165, 1.54) is 0 Å². The number of nitrogens with zero attached hydrogens (tertiary/aromatic N) is 2. The van der Waals surface area contributed by atoms with Gasteiger partial charge >= 0.3 is 6.18 Å². The molecule has 0 aliphatic heterocycles. The van der Waals surface area contributed by atoms with Crippen molar-refractivity contribution >= 4 is 11.4 Å². The Morgan fingerprint density at radius 3 is 2.40 bits per heavy atom. The maximum absolute atomic E-state index is 12.5. The summed E-state index contributed by atoms with van der Waals surface area (Å²) in [7, 11) is 0. The molecule has 0 saturated heterocycles. The van der Waals surface area contributed by atoms with E-state index in [9.17, 15) is 23.3 Å². The van der Waals surface area contributed by atoms with Crippen LogP contribution in [0.15, 0.2) is 18.2 Å². The summed E-state index contributed by atoms with van der Waals surface area (Å²) in [6.45, 7) is -2.78. The lowest BCUT2D eigenvalue weighted by Gasteiger charge is -2.26. The summed E-state index contributed by atoms with van der Waals surface area (Å²) < 4.78 is 37.4. The summed E-state index contributed by atoms with van der Waals surface area (Å²) in [5, 5.41) is 28.6. The molecule has 0 heterocycles. The van der Waals surface area contributed by atoms with Crippen LogP contribution in [0.25, 0.3) is 0 Å². The highest BCUT2D eigenvalue weighted by Gasteiger charge is 2.31. The second-order valence-electron chi connectivity index (χ2n) is 3.99. The number of alkyl halides is 3. The second kappa shape index (κ2) is 6.53. The fraction of sp³-hybridized carbons (Fsp3) is 0.455. The first-order valence-corrected chi connectivity index (χ1v) is 5.59. The van der Waals surface area contributed by atoms with E-state index in [1.54, 1.807) is 0 Å². The molecular weight excluding hydrogens is 281 g/mol. The number of aliphatic hydroxyl groups excluding tert-OH is 2. The second-order valence-corrected chi connectivity index (χ2v) is 3.99. The summed E-state index contributed by atoms with van der Waals surface area (Å²) in [6.07, 6.45) is -4.50. The maximum Gasteiger partial charge on any atom is 0.405 e. The molecule has 1 aromatic rings.